The van der Waals surface area contributed by atoms with Crippen LogP contribution in [0.2, 0.25) is 0 Å². The Balaban J connectivity index is 1.79. The zero-order chi connectivity index (χ0) is 19.1. The first-order valence-corrected chi connectivity index (χ1v) is 10.2. The number of morpholine rings is 1. The Labute approximate surface area is 158 Å². The van der Waals surface area contributed by atoms with Crippen molar-refractivity contribution in [3.63, 3.8) is 0 Å². The maximum Gasteiger partial charge on any atom is 0.236 e. The Morgan fingerprint density at radius 2 is 1.50 bits per heavy atom. The van der Waals surface area contributed by atoms with E-state index < -0.39 is 0 Å². The summed E-state index contributed by atoms with van der Waals surface area (Å²) in [5.74, 6) is 1.58. The summed E-state index contributed by atoms with van der Waals surface area (Å²) in [5.41, 5.74) is 0. The third-order valence-electron chi connectivity index (χ3n) is 5.14. The van der Waals surface area contributed by atoms with Crippen LogP contribution in [0.4, 0.5) is 0 Å². The number of piperidine rings is 1. The fraction of sp³-hybridized carbons (Fsp3) is 0.900. The minimum absolute atomic E-state index is 0.113. The molecule has 2 aliphatic heterocycles. The van der Waals surface area contributed by atoms with Crippen molar-refractivity contribution in [2.45, 2.75) is 40.5 Å². The molecule has 0 unspecified atom stereocenters. The summed E-state index contributed by atoms with van der Waals surface area (Å²) in [7, 11) is 0. The third-order valence-corrected chi connectivity index (χ3v) is 5.14. The first-order valence-electron chi connectivity index (χ1n) is 10.2. The molecule has 0 saturated carbocycles. The molecule has 2 heterocycles. The fourth-order valence-corrected chi connectivity index (χ4v) is 3.83. The van der Waals surface area contributed by atoms with Crippen molar-refractivity contribution >= 4 is 11.8 Å². The maximum absolute atomic E-state index is 12.7. The van der Waals surface area contributed by atoms with Crippen LogP contribution in [0.3, 0.4) is 0 Å². The molecule has 0 atom stereocenters. The SMILES string of the molecule is CC(C)CN(CC(C)C)C(=O)CN1CCC(C(=O)N2CCOCC2)CC1. The van der Waals surface area contributed by atoms with Crippen molar-refractivity contribution in [1.82, 2.24) is 14.7 Å². The molecule has 0 spiro atoms. The molecule has 0 N–H and O–H groups in total. The Morgan fingerprint density at radius 1 is 0.962 bits per heavy atom. The summed E-state index contributed by atoms with van der Waals surface area (Å²) < 4.78 is 5.33. The molecule has 2 rings (SSSR count). The van der Waals surface area contributed by atoms with Crippen LogP contribution in [0, 0.1) is 17.8 Å². The average Bonchev–Trinajstić information content (AvgIpc) is 2.61. The minimum Gasteiger partial charge on any atom is -0.378 e. The second kappa shape index (κ2) is 10.3. The maximum atomic E-state index is 12.7. The van der Waals surface area contributed by atoms with Crippen LogP contribution in [0.25, 0.3) is 0 Å². The Bertz CT molecular complexity index is 443. The molecule has 2 fully saturated rings. The predicted octanol–water partition coefficient (Wildman–Crippen LogP) is 1.70. The van der Waals surface area contributed by atoms with Gasteiger partial charge in [-0.3, -0.25) is 14.5 Å². The summed E-state index contributed by atoms with van der Waals surface area (Å²) in [4.78, 5) is 31.5. The van der Waals surface area contributed by atoms with Gasteiger partial charge in [0, 0.05) is 32.1 Å². The van der Waals surface area contributed by atoms with E-state index in [-0.39, 0.29) is 17.7 Å². The number of ether oxygens (including phenoxy) is 1. The van der Waals surface area contributed by atoms with Crippen LogP contribution in [0.5, 0.6) is 0 Å². The Morgan fingerprint density at radius 3 is 2.00 bits per heavy atom. The molecular weight excluding hydrogens is 330 g/mol. The fourth-order valence-electron chi connectivity index (χ4n) is 3.83. The van der Waals surface area contributed by atoms with Gasteiger partial charge >= 0.3 is 0 Å². The van der Waals surface area contributed by atoms with Crippen molar-refractivity contribution in [1.29, 1.82) is 0 Å². The van der Waals surface area contributed by atoms with Crippen LogP contribution >= 0.6 is 0 Å². The van der Waals surface area contributed by atoms with Crippen LogP contribution in [-0.2, 0) is 14.3 Å². The molecule has 0 aromatic rings. The van der Waals surface area contributed by atoms with Crippen molar-refractivity contribution < 1.29 is 14.3 Å². The molecule has 0 aliphatic carbocycles. The number of hydrogen-bond donors (Lipinski definition) is 0. The first-order chi connectivity index (χ1) is 12.4. The van der Waals surface area contributed by atoms with Crippen molar-refractivity contribution in [2.75, 3.05) is 59.0 Å². The van der Waals surface area contributed by atoms with E-state index in [9.17, 15) is 9.59 Å². The summed E-state index contributed by atoms with van der Waals surface area (Å²) in [5, 5.41) is 0. The quantitative estimate of drug-likeness (QED) is 0.687. The molecular formula is C20H37N3O3. The van der Waals surface area contributed by atoms with Gasteiger partial charge in [0.1, 0.15) is 0 Å². The van der Waals surface area contributed by atoms with E-state index in [0.29, 0.717) is 31.6 Å². The van der Waals surface area contributed by atoms with Gasteiger partial charge in [-0.15, -0.1) is 0 Å². The lowest BCUT2D eigenvalue weighted by atomic mass is 9.95. The highest BCUT2D eigenvalue weighted by molar-refractivity contribution is 5.79. The van der Waals surface area contributed by atoms with E-state index in [0.717, 1.165) is 52.1 Å². The molecule has 0 radical (unpaired) electrons. The Kier molecular flexibility index (Phi) is 8.35. The number of hydrogen-bond acceptors (Lipinski definition) is 4. The van der Waals surface area contributed by atoms with Gasteiger partial charge in [0.25, 0.3) is 0 Å². The van der Waals surface area contributed by atoms with Gasteiger partial charge in [-0.1, -0.05) is 27.7 Å². The zero-order valence-corrected chi connectivity index (χ0v) is 17.1. The predicted molar refractivity (Wildman–Crippen MR) is 103 cm³/mol. The van der Waals surface area contributed by atoms with Gasteiger partial charge in [0.2, 0.25) is 11.8 Å². The molecule has 0 aromatic heterocycles. The molecule has 2 aliphatic rings. The van der Waals surface area contributed by atoms with Crippen LogP contribution < -0.4 is 0 Å². The lowest BCUT2D eigenvalue weighted by molar-refractivity contribution is -0.141. The van der Waals surface area contributed by atoms with Crippen molar-refractivity contribution in [2.24, 2.45) is 17.8 Å². The van der Waals surface area contributed by atoms with E-state index in [1.54, 1.807) is 0 Å². The van der Waals surface area contributed by atoms with Crippen LogP contribution in [-0.4, -0.2) is 85.5 Å². The molecule has 150 valence electrons. The molecule has 26 heavy (non-hydrogen) atoms. The molecule has 6 nitrogen and oxygen atoms in total. The van der Waals surface area contributed by atoms with Gasteiger partial charge in [0.15, 0.2) is 0 Å². The molecule has 0 aromatic carbocycles. The summed E-state index contributed by atoms with van der Waals surface area (Å²) in [6.45, 7) is 15.2. The van der Waals surface area contributed by atoms with Crippen LogP contribution in [0.1, 0.15) is 40.5 Å². The van der Waals surface area contributed by atoms with E-state index >= 15 is 0 Å². The van der Waals surface area contributed by atoms with Gasteiger partial charge in [-0.2, -0.15) is 0 Å². The van der Waals surface area contributed by atoms with E-state index in [1.165, 1.54) is 0 Å². The molecule has 6 heteroatoms. The highest BCUT2D eigenvalue weighted by atomic mass is 16.5. The average molecular weight is 368 g/mol. The number of amides is 2. The summed E-state index contributed by atoms with van der Waals surface area (Å²) in [6.07, 6.45) is 1.72. The smallest absolute Gasteiger partial charge is 0.236 e. The minimum atomic E-state index is 0.113. The zero-order valence-electron chi connectivity index (χ0n) is 17.1. The van der Waals surface area contributed by atoms with E-state index in [4.69, 9.17) is 4.74 Å². The highest BCUT2D eigenvalue weighted by Crippen LogP contribution is 2.20. The number of rotatable bonds is 7. The van der Waals surface area contributed by atoms with Gasteiger partial charge in [-0.25, -0.2) is 0 Å². The first kappa shape index (κ1) is 21.2. The third kappa shape index (κ3) is 6.54. The van der Waals surface area contributed by atoms with Crippen molar-refractivity contribution in [3.8, 4) is 0 Å². The number of nitrogens with zero attached hydrogens (tertiary/aromatic N) is 3. The normalized spacial score (nSPS) is 20.0. The number of carbonyl (C=O) groups is 2. The summed E-state index contributed by atoms with van der Waals surface area (Å²) in [6, 6.07) is 0. The number of likely N-dealkylation sites (tertiary alicyclic amines) is 1. The monoisotopic (exact) mass is 367 g/mol. The largest absolute Gasteiger partial charge is 0.378 e. The summed E-state index contributed by atoms with van der Waals surface area (Å²) >= 11 is 0. The second-order valence-electron chi connectivity index (χ2n) is 8.57. The molecule has 0 bridgehead atoms. The highest BCUT2D eigenvalue weighted by Gasteiger charge is 2.30. The number of carbonyl (C=O) groups excluding carboxylic acids is 2. The van der Waals surface area contributed by atoms with Gasteiger partial charge < -0.3 is 14.5 Å². The van der Waals surface area contributed by atoms with E-state index in [2.05, 4.69) is 32.6 Å². The van der Waals surface area contributed by atoms with Gasteiger partial charge in [0.05, 0.1) is 19.8 Å². The lowest BCUT2D eigenvalue weighted by Crippen LogP contribution is -2.49. The van der Waals surface area contributed by atoms with Crippen LogP contribution in [0.15, 0.2) is 0 Å². The van der Waals surface area contributed by atoms with Gasteiger partial charge in [-0.05, 0) is 37.8 Å². The lowest BCUT2D eigenvalue weighted by Gasteiger charge is -2.36. The molecule has 2 saturated heterocycles. The van der Waals surface area contributed by atoms with E-state index in [1.807, 2.05) is 9.80 Å². The standard InChI is InChI=1S/C20H37N3O3/c1-16(2)13-23(14-17(3)4)19(24)15-21-7-5-18(6-8-21)20(25)22-9-11-26-12-10-22/h16-18H,5-15H2,1-4H3. The Hall–Kier alpha value is -1.14. The topological polar surface area (TPSA) is 53.1 Å². The van der Waals surface area contributed by atoms with Crippen molar-refractivity contribution in [3.05, 3.63) is 0 Å². The molecule has 2 amide bonds. The second-order valence-corrected chi connectivity index (χ2v) is 8.57.